The van der Waals surface area contributed by atoms with Crippen LogP contribution in [0.5, 0.6) is 0 Å². The van der Waals surface area contributed by atoms with Crippen LogP contribution in [0.2, 0.25) is 0 Å². The van der Waals surface area contributed by atoms with Gasteiger partial charge in [0.25, 0.3) is 0 Å². The smallest absolute Gasteiger partial charge is 0.317 e. The third-order valence-corrected chi connectivity index (χ3v) is 4.17. The van der Waals surface area contributed by atoms with E-state index in [4.69, 9.17) is 5.11 Å². The van der Waals surface area contributed by atoms with Crippen LogP contribution in [0.15, 0.2) is 18.2 Å². The molecule has 1 aliphatic rings. The number of hydrogen-bond acceptors (Lipinski definition) is 6. The van der Waals surface area contributed by atoms with E-state index in [2.05, 4.69) is 20.8 Å². The predicted molar refractivity (Wildman–Crippen MR) is 94.1 cm³/mol. The monoisotopic (exact) mass is 376 g/mol. The van der Waals surface area contributed by atoms with Gasteiger partial charge >= 0.3 is 5.97 Å². The van der Waals surface area contributed by atoms with Crippen LogP contribution in [0.4, 0.5) is 10.1 Å². The summed E-state index contributed by atoms with van der Waals surface area (Å²) in [6, 6.07) is 4.25. The summed E-state index contributed by atoms with van der Waals surface area (Å²) >= 11 is 0. The molecule has 0 atom stereocenters. The second kappa shape index (κ2) is 8.21. The van der Waals surface area contributed by atoms with E-state index in [1.807, 2.05) is 6.92 Å². The first-order chi connectivity index (χ1) is 13.0. The summed E-state index contributed by atoms with van der Waals surface area (Å²) in [5, 5.41) is 23.1. The minimum Gasteiger partial charge on any atom is -0.480 e. The van der Waals surface area contributed by atoms with Crippen molar-refractivity contribution in [2.75, 3.05) is 25.0 Å². The Morgan fingerprint density at radius 2 is 2.15 bits per heavy atom. The Morgan fingerprint density at radius 3 is 2.81 bits per heavy atom. The number of aromatic nitrogens is 4. The molecule has 0 aliphatic heterocycles. The zero-order valence-corrected chi connectivity index (χ0v) is 14.9. The largest absolute Gasteiger partial charge is 0.480 e. The molecule has 1 heterocycles. The first-order valence-corrected chi connectivity index (χ1v) is 8.80. The minimum atomic E-state index is -1.02. The van der Waals surface area contributed by atoms with E-state index in [1.165, 1.54) is 17.0 Å². The minimum absolute atomic E-state index is 0.00141. The summed E-state index contributed by atoms with van der Waals surface area (Å²) in [4.78, 5) is 24.6. The van der Waals surface area contributed by atoms with Gasteiger partial charge in [0, 0.05) is 5.92 Å². The Hall–Kier alpha value is -2.88. The van der Waals surface area contributed by atoms with Gasteiger partial charge in [-0.15, -0.1) is 5.10 Å². The number of nitrogens with zero attached hydrogens (tertiary/aromatic N) is 5. The maximum atomic E-state index is 14.2. The van der Waals surface area contributed by atoms with Crippen molar-refractivity contribution in [2.24, 2.45) is 0 Å². The molecule has 9 nitrogen and oxygen atoms in total. The zero-order chi connectivity index (χ0) is 19.4. The molecule has 0 bridgehead atoms. The first kappa shape index (κ1) is 18.9. The van der Waals surface area contributed by atoms with E-state index < -0.39 is 17.7 Å². The average Bonchev–Trinajstić information content (AvgIpc) is 3.33. The lowest BCUT2D eigenvalue weighted by Gasteiger charge is -2.19. The lowest BCUT2D eigenvalue weighted by atomic mass is 10.2. The van der Waals surface area contributed by atoms with E-state index in [9.17, 15) is 14.0 Å². The number of tetrazole rings is 1. The number of carbonyl (C=O) groups excluding carboxylic acids is 1. The SMILES string of the molecule is CCCN(CC(=O)O)CC(=O)Nc1cc(-n2nnnc2C2CC2)ccc1F. The maximum absolute atomic E-state index is 14.2. The molecule has 0 saturated heterocycles. The van der Waals surface area contributed by atoms with Crippen molar-refractivity contribution in [1.29, 1.82) is 0 Å². The van der Waals surface area contributed by atoms with Gasteiger partial charge in [0.05, 0.1) is 24.5 Å². The number of nitrogens with one attached hydrogen (secondary N) is 1. The highest BCUT2D eigenvalue weighted by atomic mass is 19.1. The van der Waals surface area contributed by atoms with Crippen LogP contribution in [0.1, 0.15) is 37.9 Å². The van der Waals surface area contributed by atoms with Gasteiger partial charge in [-0.1, -0.05) is 6.92 Å². The summed E-state index contributed by atoms with van der Waals surface area (Å²) in [6.07, 6.45) is 2.73. The van der Waals surface area contributed by atoms with E-state index in [-0.39, 0.29) is 18.8 Å². The molecule has 0 unspecified atom stereocenters. The van der Waals surface area contributed by atoms with E-state index in [0.717, 1.165) is 18.7 Å². The number of hydrogen-bond donors (Lipinski definition) is 2. The predicted octanol–water partition coefficient (Wildman–Crippen LogP) is 1.41. The summed E-state index contributed by atoms with van der Waals surface area (Å²) in [5.74, 6) is -1.07. The van der Waals surface area contributed by atoms with Crippen LogP contribution in [-0.2, 0) is 9.59 Å². The Balaban J connectivity index is 1.73. The van der Waals surface area contributed by atoms with Gasteiger partial charge in [-0.3, -0.25) is 14.5 Å². The highest BCUT2D eigenvalue weighted by Gasteiger charge is 2.30. The Bertz CT molecular complexity index is 836. The molecule has 10 heteroatoms. The van der Waals surface area contributed by atoms with Crippen molar-refractivity contribution in [1.82, 2.24) is 25.1 Å². The number of carboxylic acid groups (broad SMARTS) is 1. The highest BCUT2D eigenvalue weighted by molar-refractivity contribution is 5.92. The van der Waals surface area contributed by atoms with Crippen molar-refractivity contribution in [3.63, 3.8) is 0 Å². The van der Waals surface area contributed by atoms with Crippen LogP contribution in [0, 0.1) is 5.82 Å². The van der Waals surface area contributed by atoms with Crippen LogP contribution in [-0.4, -0.2) is 61.7 Å². The molecule has 0 spiro atoms. The zero-order valence-electron chi connectivity index (χ0n) is 14.9. The fourth-order valence-corrected chi connectivity index (χ4v) is 2.83. The van der Waals surface area contributed by atoms with Gasteiger partial charge in [-0.25, -0.2) is 4.39 Å². The molecule has 1 amide bonds. The molecule has 1 fully saturated rings. The van der Waals surface area contributed by atoms with E-state index in [0.29, 0.717) is 24.6 Å². The number of carboxylic acids is 1. The Morgan fingerprint density at radius 1 is 1.37 bits per heavy atom. The van der Waals surface area contributed by atoms with Crippen LogP contribution in [0.25, 0.3) is 5.69 Å². The number of carbonyl (C=O) groups is 2. The van der Waals surface area contributed by atoms with Crippen LogP contribution >= 0.6 is 0 Å². The topological polar surface area (TPSA) is 113 Å². The standard InChI is InChI=1S/C17H21FN6O3/c1-2-7-23(10-16(26)27)9-15(25)19-14-8-12(5-6-13(14)18)24-17(11-3-4-11)20-21-22-24/h5-6,8,11H,2-4,7,9-10H2,1H3,(H,19,25)(H,26,27). The maximum Gasteiger partial charge on any atom is 0.317 e. The van der Waals surface area contributed by atoms with E-state index >= 15 is 0 Å². The van der Waals surface area contributed by atoms with Crippen molar-refractivity contribution in [3.8, 4) is 5.69 Å². The van der Waals surface area contributed by atoms with Crippen molar-refractivity contribution < 1.29 is 19.1 Å². The quantitative estimate of drug-likeness (QED) is 0.680. The summed E-state index contributed by atoms with van der Waals surface area (Å²) in [7, 11) is 0. The number of benzene rings is 1. The van der Waals surface area contributed by atoms with Gasteiger partial charge < -0.3 is 10.4 Å². The molecule has 144 valence electrons. The Labute approximate surface area is 155 Å². The molecule has 1 aromatic heterocycles. The first-order valence-electron chi connectivity index (χ1n) is 8.80. The van der Waals surface area contributed by atoms with Crippen LogP contribution < -0.4 is 5.32 Å². The molecule has 0 radical (unpaired) electrons. The molecule has 2 N–H and O–H groups in total. The average molecular weight is 376 g/mol. The molecular formula is C17H21FN6O3. The molecular weight excluding hydrogens is 355 g/mol. The molecule has 1 saturated carbocycles. The molecule has 1 aromatic carbocycles. The number of amides is 1. The summed E-state index contributed by atoms with van der Waals surface area (Å²) < 4.78 is 15.7. The number of anilines is 1. The second-order valence-corrected chi connectivity index (χ2v) is 6.54. The number of rotatable bonds is 9. The number of halogens is 1. The van der Waals surface area contributed by atoms with Gasteiger partial charge in [0.2, 0.25) is 5.91 Å². The third kappa shape index (κ3) is 4.85. The lowest BCUT2D eigenvalue weighted by molar-refractivity contribution is -0.138. The van der Waals surface area contributed by atoms with Crippen molar-refractivity contribution in [3.05, 3.63) is 29.8 Å². The third-order valence-electron chi connectivity index (χ3n) is 4.17. The summed E-state index contributed by atoms with van der Waals surface area (Å²) in [5.41, 5.74) is 0.552. The molecule has 27 heavy (non-hydrogen) atoms. The highest BCUT2D eigenvalue weighted by Crippen LogP contribution is 2.39. The van der Waals surface area contributed by atoms with E-state index in [1.54, 1.807) is 10.7 Å². The molecule has 1 aliphatic carbocycles. The normalized spacial score (nSPS) is 13.7. The van der Waals surface area contributed by atoms with Gasteiger partial charge in [0.1, 0.15) is 5.82 Å². The Kier molecular flexibility index (Phi) is 5.75. The van der Waals surface area contributed by atoms with Crippen molar-refractivity contribution in [2.45, 2.75) is 32.1 Å². The lowest BCUT2D eigenvalue weighted by Crippen LogP contribution is -2.37. The summed E-state index contributed by atoms with van der Waals surface area (Å²) in [6.45, 7) is 1.96. The fourth-order valence-electron chi connectivity index (χ4n) is 2.83. The van der Waals surface area contributed by atoms with Gasteiger partial charge in [-0.05, 0) is 54.4 Å². The van der Waals surface area contributed by atoms with Crippen LogP contribution in [0.3, 0.4) is 0 Å². The fraction of sp³-hybridized carbons (Fsp3) is 0.471. The van der Waals surface area contributed by atoms with Gasteiger partial charge in [-0.2, -0.15) is 4.68 Å². The van der Waals surface area contributed by atoms with Gasteiger partial charge in [0.15, 0.2) is 5.82 Å². The second-order valence-electron chi connectivity index (χ2n) is 6.54. The number of aliphatic carboxylic acids is 1. The molecule has 2 aromatic rings. The molecule has 3 rings (SSSR count). The van der Waals surface area contributed by atoms with Crippen molar-refractivity contribution >= 4 is 17.6 Å².